The summed E-state index contributed by atoms with van der Waals surface area (Å²) in [4.78, 5) is 12.3. The van der Waals surface area contributed by atoms with Crippen LogP contribution in [-0.2, 0) is 4.79 Å². The van der Waals surface area contributed by atoms with Crippen molar-refractivity contribution >= 4 is 5.91 Å². The second-order valence-electron chi connectivity index (χ2n) is 6.79. The Morgan fingerprint density at radius 3 is 2.27 bits per heavy atom. The predicted molar refractivity (Wildman–Crippen MR) is 105 cm³/mol. The van der Waals surface area contributed by atoms with E-state index in [9.17, 15) is 4.79 Å². The standard InChI is InChI=1S/C22H29NO3/c1-17(2)16-21(18-8-5-4-6-9-18)23-22(24)10-7-15-26-20-13-11-19(25-3)12-14-20/h4-6,8-9,11-14,17,21H,7,10,15-16H2,1-3H3,(H,23,24)/t21-/m0/s1. The number of methoxy groups -OCH3 is 1. The number of carbonyl (C=O) groups excluding carboxylic acids is 1. The minimum Gasteiger partial charge on any atom is -0.497 e. The van der Waals surface area contributed by atoms with Gasteiger partial charge < -0.3 is 14.8 Å². The average Bonchev–Trinajstić information content (AvgIpc) is 2.65. The van der Waals surface area contributed by atoms with E-state index in [1.807, 2.05) is 42.5 Å². The summed E-state index contributed by atoms with van der Waals surface area (Å²) in [5, 5.41) is 3.17. The smallest absolute Gasteiger partial charge is 0.220 e. The van der Waals surface area contributed by atoms with Crippen LogP contribution in [0.4, 0.5) is 0 Å². The van der Waals surface area contributed by atoms with E-state index < -0.39 is 0 Å². The van der Waals surface area contributed by atoms with Gasteiger partial charge in [0, 0.05) is 6.42 Å². The lowest BCUT2D eigenvalue weighted by molar-refractivity contribution is -0.122. The summed E-state index contributed by atoms with van der Waals surface area (Å²) in [5.74, 6) is 2.17. The lowest BCUT2D eigenvalue weighted by Gasteiger charge is -2.21. The Bertz CT molecular complexity index is 653. The van der Waals surface area contributed by atoms with Gasteiger partial charge >= 0.3 is 0 Å². The molecule has 2 aromatic rings. The van der Waals surface area contributed by atoms with Crippen molar-refractivity contribution in [1.29, 1.82) is 0 Å². The van der Waals surface area contributed by atoms with Gasteiger partial charge in [0.2, 0.25) is 5.91 Å². The van der Waals surface area contributed by atoms with Crippen molar-refractivity contribution in [1.82, 2.24) is 5.32 Å². The zero-order valence-electron chi connectivity index (χ0n) is 15.9. The van der Waals surface area contributed by atoms with E-state index in [0.29, 0.717) is 25.4 Å². The quantitative estimate of drug-likeness (QED) is 0.625. The van der Waals surface area contributed by atoms with Gasteiger partial charge in [0.05, 0.1) is 19.8 Å². The first-order valence-electron chi connectivity index (χ1n) is 9.19. The van der Waals surface area contributed by atoms with Gasteiger partial charge in [-0.15, -0.1) is 0 Å². The number of hydrogen-bond donors (Lipinski definition) is 1. The van der Waals surface area contributed by atoms with Crippen molar-refractivity contribution in [2.45, 2.75) is 39.2 Å². The lowest BCUT2D eigenvalue weighted by Crippen LogP contribution is -2.29. The number of benzene rings is 2. The maximum atomic E-state index is 12.3. The van der Waals surface area contributed by atoms with Crippen molar-refractivity contribution in [3.63, 3.8) is 0 Å². The summed E-state index contributed by atoms with van der Waals surface area (Å²) in [6.45, 7) is 4.86. The van der Waals surface area contributed by atoms with Crippen LogP contribution >= 0.6 is 0 Å². The maximum Gasteiger partial charge on any atom is 0.220 e. The van der Waals surface area contributed by atoms with Crippen LogP contribution in [0.1, 0.15) is 44.7 Å². The fourth-order valence-electron chi connectivity index (χ4n) is 2.80. The molecule has 0 aliphatic rings. The first-order chi connectivity index (χ1) is 12.6. The fraction of sp³-hybridized carbons (Fsp3) is 0.409. The molecule has 0 aromatic heterocycles. The van der Waals surface area contributed by atoms with Gasteiger partial charge in [0.1, 0.15) is 11.5 Å². The molecule has 1 amide bonds. The largest absolute Gasteiger partial charge is 0.497 e. The Kier molecular flexibility index (Phi) is 8.00. The minimum absolute atomic E-state index is 0.0613. The van der Waals surface area contributed by atoms with Crippen LogP contribution in [0.2, 0.25) is 0 Å². The molecular weight excluding hydrogens is 326 g/mol. The number of amides is 1. The van der Waals surface area contributed by atoms with Crippen molar-refractivity contribution in [3.8, 4) is 11.5 Å². The van der Waals surface area contributed by atoms with E-state index in [-0.39, 0.29) is 11.9 Å². The molecule has 0 saturated heterocycles. The zero-order chi connectivity index (χ0) is 18.8. The average molecular weight is 355 g/mol. The minimum atomic E-state index is 0.0613. The molecule has 26 heavy (non-hydrogen) atoms. The molecule has 0 saturated carbocycles. The summed E-state index contributed by atoms with van der Waals surface area (Å²) in [5.41, 5.74) is 1.16. The molecular formula is C22H29NO3. The predicted octanol–water partition coefficient (Wildman–Crippen LogP) is 4.76. The van der Waals surface area contributed by atoms with Gasteiger partial charge in [-0.05, 0) is 48.6 Å². The molecule has 2 rings (SSSR count). The highest BCUT2D eigenvalue weighted by molar-refractivity contribution is 5.76. The highest BCUT2D eigenvalue weighted by Gasteiger charge is 2.15. The van der Waals surface area contributed by atoms with Gasteiger partial charge in [-0.25, -0.2) is 0 Å². The van der Waals surface area contributed by atoms with Gasteiger partial charge in [0.15, 0.2) is 0 Å². The van der Waals surface area contributed by atoms with Gasteiger partial charge in [-0.2, -0.15) is 0 Å². The van der Waals surface area contributed by atoms with Crippen molar-refractivity contribution in [2.24, 2.45) is 5.92 Å². The van der Waals surface area contributed by atoms with Crippen LogP contribution in [0.5, 0.6) is 11.5 Å². The summed E-state index contributed by atoms with van der Waals surface area (Å²) in [6, 6.07) is 17.7. The van der Waals surface area contributed by atoms with Gasteiger partial charge in [-0.3, -0.25) is 4.79 Å². The molecule has 0 spiro atoms. The second-order valence-corrected chi connectivity index (χ2v) is 6.79. The van der Waals surface area contributed by atoms with E-state index in [1.165, 1.54) is 0 Å². The van der Waals surface area contributed by atoms with Gasteiger partial charge in [-0.1, -0.05) is 44.2 Å². The van der Waals surface area contributed by atoms with E-state index in [4.69, 9.17) is 9.47 Å². The van der Waals surface area contributed by atoms with Crippen LogP contribution in [0.3, 0.4) is 0 Å². The third-order valence-electron chi connectivity index (χ3n) is 4.12. The van der Waals surface area contributed by atoms with Crippen LogP contribution in [0.15, 0.2) is 54.6 Å². The van der Waals surface area contributed by atoms with Gasteiger partial charge in [0.25, 0.3) is 0 Å². The molecule has 0 heterocycles. The number of carbonyl (C=O) groups is 1. The molecule has 140 valence electrons. The van der Waals surface area contributed by atoms with Crippen molar-refractivity contribution < 1.29 is 14.3 Å². The van der Waals surface area contributed by atoms with Crippen LogP contribution < -0.4 is 14.8 Å². The van der Waals surface area contributed by atoms with E-state index >= 15 is 0 Å². The summed E-state index contributed by atoms with van der Waals surface area (Å²) < 4.78 is 10.8. The molecule has 1 atom stereocenters. The SMILES string of the molecule is COc1ccc(OCCCC(=O)N[C@@H](CC(C)C)c2ccccc2)cc1. The Labute approximate surface area is 156 Å². The number of nitrogens with one attached hydrogen (secondary N) is 1. The first-order valence-corrected chi connectivity index (χ1v) is 9.19. The number of ether oxygens (including phenoxy) is 2. The number of rotatable bonds is 10. The van der Waals surface area contributed by atoms with Crippen LogP contribution in [0, 0.1) is 5.92 Å². The monoisotopic (exact) mass is 355 g/mol. The highest BCUT2D eigenvalue weighted by Crippen LogP contribution is 2.21. The Balaban J connectivity index is 1.76. The zero-order valence-corrected chi connectivity index (χ0v) is 15.9. The second kappa shape index (κ2) is 10.5. The lowest BCUT2D eigenvalue weighted by atomic mass is 9.97. The molecule has 0 fully saturated rings. The van der Waals surface area contributed by atoms with Crippen LogP contribution in [0.25, 0.3) is 0 Å². The van der Waals surface area contributed by atoms with E-state index in [0.717, 1.165) is 23.5 Å². The molecule has 0 aliphatic heterocycles. The molecule has 4 nitrogen and oxygen atoms in total. The third-order valence-corrected chi connectivity index (χ3v) is 4.12. The molecule has 0 unspecified atom stereocenters. The van der Waals surface area contributed by atoms with E-state index in [1.54, 1.807) is 7.11 Å². The fourth-order valence-corrected chi connectivity index (χ4v) is 2.80. The van der Waals surface area contributed by atoms with Crippen molar-refractivity contribution in [2.75, 3.05) is 13.7 Å². The Morgan fingerprint density at radius 1 is 1.00 bits per heavy atom. The summed E-state index contributed by atoms with van der Waals surface area (Å²) in [6.07, 6.45) is 2.07. The number of hydrogen-bond acceptors (Lipinski definition) is 3. The van der Waals surface area contributed by atoms with Crippen molar-refractivity contribution in [3.05, 3.63) is 60.2 Å². The maximum absolute atomic E-state index is 12.3. The molecule has 0 radical (unpaired) electrons. The molecule has 0 aliphatic carbocycles. The highest BCUT2D eigenvalue weighted by atomic mass is 16.5. The normalized spacial score (nSPS) is 11.8. The third kappa shape index (κ3) is 6.79. The Morgan fingerprint density at radius 2 is 1.65 bits per heavy atom. The molecule has 4 heteroatoms. The Hall–Kier alpha value is -2.49. The van der Waals surface area contributed by atoms with Crippen LogP contribution in [-0.4, -0.2) is 19.6 Å². The molecule has 0 bridgehead atoms. The topological polar surface area (TPSA) is 47.6 Å². The van der Waals surface area contributed by atoms with E-state index in [2.05, 4.69) is 31.3 Å². The first kappa shape index (κ1) is 19.8. The molecule has 2 aromatic carbocycles. The summed E-state index contributed by atoms with van der Waals surface area (Å²) in [7, 11) is 1.64. The molecule has 1 N–H and O–H groups in total. The summed E-state index contributed by atoms with van der Waals surface area (Å²) >= 11 is 0.